The van der Waals surface area contributed by atoms with E-state index in [1.165, 1.54) is 0 Å². The van der Waals surface area contributed by atoms with Gasteiger partial charge in [0.15, 0.2) is 18.1 Å². The van der Waals surface area contributed by atoms with Crippen LogP contribution in [0.4, 0.5) is 0 Å². The van der Waals surface area contributed by atoms with E-state index in [4.69, 9.17) is 9.26 Å². The second kappa shape index (κ2) is 7.31. The van der Waals surface area contributed by atoms with Gasteiger partial charge in [0.2, 0.25) is 0 Å². The summed E-state index contributed by atoms with van der Waals surface area (Å²) in [6.07, 6.45) is 4.86. The van der Waals surface area contributed by atoms with Gasteiger partial charge in [-0.2, -0.15) is 4.98 Å². The second-order valence-electron chi connectivity index (χ2n) is 7.70. The molecule has 2 fully saturated rings. The zero-order valence-electron chi connectivity index (χ0n) is 16.2. The maximum absolute atomic E-state index is 12.5. The number of nitrogens with zero attached hydrogens (tertiary/aromatic N) is 6. The molecule has 1 unspecified atom stereocenters. The van der Waals surface area contributed by atoms with E-state index >= 15 is 0 Å². The molecule has 1 atom stereocenters. The first-order chi connectivity index (χ1) is 14.2. The molecule has 2 aliphatic rings. The van der Waals surface area contributed by atoms with E-state index in [-0.39, 0.29) is 18.6 Å². The SMILES string of the molecule is Cc1cccc(OCC(=O)N2CCC(n3cc(-c4nc(C5CC5)no4)nn3)C2)c1. The van der Waals surface area contributed by atoms with E-state index in [2.05, 4.69) is 20.5 Å². The predicted molar refractivity (Wildman–Crippen MR) is 102 cm³/mol. The number of amides is 1. The fourth-order valence-corrected chi connectivity index (χ4v) is 3.53. The first-order valence-electron chi connectivity index (χ1n) is 9.89. The lowest BCUT2D eigenvalue weighted by Crippen LogP contribution is -2.33. The summed E-state index contributed by atoms with van der Waals surface area (Å²) in [5.41, 5.74) is 1.67. The van der Waals surface area contributed by atoms with Gasteiger partial charge in [-0.1, -0.05) is 22.5 Å². The predicted octanol–water partition coefficient (Wildman–Crippen LogP) is 2.37. The van der Waals surface area contributed by atoms with Crippen LogP contribution in [0.5, 0.6) is 5.75 Å². The molecule has 3 aromatic rings. The molecular weight excluding hydrogens is 372 g/mol. The molecule has 0 bridgehead atoms. The van der Waals surface area contributed by atoms with Crippen molar-refractivity contribution < 1.29 is 14.1 Å². The van der Waals surface area contributed by atoms with Crippen molar-refractivity contribution in [2.75, 3.05) is 19.7 Å². The van der Waals surface area contributed by atoms with E-state index in [0.29, 0.717) is 36.3 Å². The standard InChI is InChI=1S/C20H22N6O3/c1-13-3-2-4-16(9-13)28-12-18(27)25-8-7-15(10-25)26-11-17(22-24-26)20-21-19(23-29-20)14-5-6-14/h2-4,9,11,14-15H,5-8,10,12H2,1H3. The average Bonchev–Trinajstić information content (AvgIpc) is 3.16. The number of carbonyl (C=O) groups excluding carboxylic acids is 1. The molecule has 3 heterocycles. The van der Waals surface area contributed by atoms with Gasteiger partial charge in [-0.3, -0.25) is 4.79 Å². The van der Waals surface area contributed by atoms with Gasteiger partial charge in [0.1, 0.15) is 5.75 Å². The van der Waals surface area contributed by atoms with Gasteiger partial charge in [-0.05, 0) is 43.9 Å². The topological polar surface area (TPSA) is 99.2 Å². The Morgan fingerprint density at radius 2 is 2.21 bits per heavy atom. The first kappa shape index (κ1) is 17.8. The van der Waals surface area contributed by atoms with Gasteiger partial charge in [-0.25, -0.2) is 4.68 Å². The Labute approximate surface area is 167 Å². The molecule has 0 N–H and O–H groups in total. The van der Waals surface area contributed by atoms with E-state index in [1.54, 1.807) is 9.58 Å². The summed E-state index contributed by atoms with van der Waals surface area (Å²) in [7, 11) is 0. The molecule has 2 aromatic heterocycles. The normalized spacial score (nSPS) is 18.9. The Morgan fingerprint density at radius 3 is 3.03 bits per heavy atom. The van der Waals surface area contributed by atoms with E-state index < -0.39 is 0 Å². The summed E-state index contributed by atoms with van der Waals surface area (Å²) >= 11 is 0. The van der Waals surface area contributed by atoms with E-state index in [0.717, 1.165) is 30.7 Å². The third-order valence-corrected chi connectivity index (χ3v) is 5.36. The lowest BCUT2D eigenvalue weighted by Gasteiger charge is -2.17. The molecule has 0 spiro atoms. The van der Waals surface area contributed by atoms with Gasteiger partial charge in [0, 0.05) is 19.0 Å². The van der Waals surface area contributed by atoms with Crippen LogP contribution in [0.25, 0.3) is 11.6 Å². The monoisotopic (exact) mass is 394 g/mol. The van der Waals surface area contributed by atoms with Crippen LogP contribution in [-0.4, -0.2) is 55.6 Å². The fourth-order valence-electron chi connectivity index (χ4n) is 3.53. The largest absolute Gasteiger partial charge is 0.484 e. The van der Waals surface area contributed by atoms with Crippen LogP contribution in [-0.2, 0) is 4.79 Å². The summed E-state index contributed by atoms with van der Waals surface area (Å²) in [6, 6.07) is 7.76. The van der Waals surface area contributed by atoms with Crippen molar-refractivity contribution in [3.8, 4) is 17.3 Å². The lowest BCUT2D eigenvalue weighted by atomic mass is 10.2. The summed E-state index contributed by atoms with van der Waals surface area (Å²) in [4.78, 5) is 18.7. The number of likely N-dealkylation sites (tertiary alicyclic amines) is 1. The summed E-state index contributed by atoms with van der Waals surface area (Å²) < 4.78 is 12.7. The van der Waals surface area contributed by atoms with Gasteiger partial charge >= 0.3 is 0 Å². The number of aromatic nitrogens is 5. The highest BCUT2D eigenvalue weighted by Gasteiger charge is 2.31. The van der Waals surface area contributed by atoms with Crippen molar-refractivity contribution in [3.05, 3.63) is 41.9 Å². The average molecular weight is 394 g/mol. The van der Waals surface area contributed by atoms with E-state index in [9.17, 15) is 4.79 Å². The number of hydrogen-bond acceptors (Lipinski definition) is 7. The minimum absolute atomic E-state index is 0.0275. The number of aryl methyl sites for hydroxylation is 1. The molecule has 5 rings (SSSR count). The first-order valence-corrected chi connectivity index (χ1v) is 9.89. The number of hydrogen-bond donors (Lipinski definition) is 0. The Morgan fingerprint density at radius 1 is 1.31 bits per heavy atom. The number of carbonyl (C=O) groups is 1. The Kier molecular flexibility index (Phi) is 4.49. The smallest absolute Gasteiger partial charge is 0.280 e. The van der Waals surface area contributed by atoms with Crippen molar-refractivity contribution >= 4 is 5.91 Å². The highest BCUT2D eigenvalue weighted by Crippen LogP contribution is 2.38. The quantitative estimate of drug-likeness (QED) is 0.633. The molecular formula is C20H22N6O3. The molecule has 0 radical (unpaired) electrons. The van der Waals surface area contributed by atoms with Crippen LogP contribution in [0, 0.1) is 6.92 Å². The van der Waals surface area contributed by atoms with Crippen LogP contribution in [0.2, 0.25) is 0 Å². The molecule has 1 aliphatic heterocycles. The molecule has 1 amide bonds. The molecule has 1 aliphatic carbocycles. The third-order valence-electron chi connectivity index (χ3n) is 5.36. The zero-order chi connectivity index (χ0) is 19.8. The second-order valence-corrected chi connectivity index (χ2v) is 7.70. The minimum Gasteiger partial charge on any atom is -0.484 e. The fraction of sp³-hybridized carbons (Fsp3) is 0.450. The van der Waals surface area contributed by atoms with Gasteiger partial charge in [0.25, 0.3) is 11.8 Å². The van der Waals surface area contributed by atoms with Crippen molar-refractivity contribution in [1.29, 1.82) is 0 Å². The maximum Gasteiger partial charge on any atom is 0.280 e. The van der Waals surface area contributed by atoms with Crippen molar-refractivity contribution in [2.45, 2.75) is 38.1 Å². The van der Waals surface area contributed by atoms with Crippen molar-refractivity contribution in [1.82, 2.24) is 30.0 Å². The highest BCUT2D eigenvalue weighted by atomic mass is 16.5. The van der Waals surface area contributed by atoms with E-state index in [1.807, 2.05) is 37.4 Å². The molecule has 150 valence electrons. The zero-order valence-corrected chi connectivity index (χ0v) is 16.2. The van der Waals surface area contributed by atoms with Gasteiger partial charge in [0.05, 0.1) is 12.2 Å². The lowest BCUT2D eigenvalue weighted by molar-refractivity contribution is -0.132. The van der Waals surface area contributed by atoms with Crippen LogP contribution >= 0.6 is 0 Å². The molecule has 1 saturated heterocycles. The number of benzene rings is 1. The molecule has 1 aromatic carbocycles. The van der Waals surface area contributed by atoms with Crippen LogP contribution in [0.15, 0.2) is 35.0 Å². The minimum atomic E-state index is -0.0275. The Hall–Kier alpha value is -3.23. The molecule has 9 heteroatoms. The molecule has 29 heavy (non-hydrogen) atoms. The summed E-state index contributed by atoms with van der Waals surface area (Å²) in [5.74, 6) is 2.26. The van der Waals surface area contributed by atoms with Crippen molar-refractivity contribution in [2.24, 2.45) is 0 Å². The third kappa shape index (κ3) is 3.85. The van der Waals surface area contributed by atoms with Gasteiger partial charge in [-0.15, -0.1) is 5.10 Å². The Bertz CT molecular complexity index is 1020. The Balaban J connectivity index is 1.18. The molecule has 1 saturated carbocycles. The highest BCUT2D eigenvalue weighted by molar-refractivity contribution is 5.78. The number of rotatable bonds is 6. The summed E-state index contributed by atoms with van der Waals surface area (Å²) in [6.45, 7) is 3.27. The molecule has 9 nitrogen and oxygen atoms in total. The summed E-state index contributed by atoms with van der Waals surface area (Å²) in [5, 5.41) is 12.4. The number of ether oxygens (including phenoxy) is 1. The van der Waals surface area contributed by atoms with Crippen LogP contribution < -0.4 is 4.74 Å². The maximum atomic E-state index is 12.5. The van der Waals surface area contributed by atoms with Crippen LogP contribution in [0.3, 0.4) is 0 Å². The van der Waals surface area contributed by atoms with Gasteiger partial charge < -0.3 is 14.2 Å². The van der Waals surface area contributed by atoms with Crippen LogP contribution in [0.1, 0.15) is 42.6 Å². The van der Waals surface area contributed by atoms with Crippen molar-refractivity contribution in [3.63, 3.8) is 0 Å².